The van der Waals surface area contributed by atoms with Gasteiger partial charge in [0.05, 0.1) is 19.3 Å². The minimum absolute atomic E-state index is 0.143. The second kappa shape index (κ2) is 7.07. The van der Waals surface area contributed by atoms with Gasteiger partial charge >= 0.3 is 5.97 Å². The van der Waals surface area contributed by atoms with Crippen LogP contribution in [0.25, 0.3) is 0 Å². The molecule has 0 radical (unpaired) electrons. The first-order valence-electron chi connectivity index (χ1n) is 8.84. The molecule has 0 aliphatic carbocycles. The second-order valence-corrected chi connectivity index (χ2v) is 7.02. The molecule has 1 spiro atoms. The standard InChI is InChI=1S/C19H24N2O5/c1-13(26-11-15-7-4-3-5-8-15)16(17(23)24)20-12-19(18(20)25)9-6-10-21(19)14(2)22/h3-5,7-8,13,16H,6,9-12H2,1-2H3,(H,23,24)/t13-,16+,19?/m1/s1. The fourth-order valence-electron chi connectivity index (χ4n) is 4.03. The van der Waals surface area contributed by atoms with E-state index in [2.05, 4.69) is 0 Å². The van der Waals surface area contributed by atoms with Gasteiger partial charge in [0.15, 0.2) is 6.04 Å². The predicted octanol–water partition coefficient (Wildman–Crippen LogP) is 1.27. The van der Waals surface area contributed by atoms with Crippen LogP contribution in [0.4, 0.5) is 0 Å². The number of carboxylic acid groups (broad SMARTS) is 1. The number of likely N-dealkylation sites (tertiary alicyclic amines) is 2. The van der Waals surface area contributed by atoms with Gasteiger partial charge in [0.25, 0.3) is 5.91 Å². The highest BCUT2D eigenvalue weighted by atomic mass is 16.5. The van der Waals surface area contributed by atoms with E-state index in [9.17, 15) is 19.5 Å². The van der Waals surface area contributed by atoms with E-state index >= 15 is 0 Å². The maximum Gasteiger partial charge on any atom is 0.329 e. The van der Waals surface area contributed by atoms with Gasteiger partial charge in [-0.2, -0.15) is 0 Å². The highest BCUT2D eigenvalue weighted by Crippen LogP contribution is 2.40. The van der Waals surface area contributed by atoms with Crippen LogP contribution >= 0.6 is 0 Å². The predicted molar refractivity (Wildman–Crippen MR) is 93.2 cm³/mol. The summed E-state index contributed by atoms with van der Waals surface area (Å²) in [6, 6.07) is 8.40. The number of nitrogens with zero attached hydrogens (tertiary/aromatic N) is 2. The summed E-state index contributed by atoms with van der Waals surface area (Å²) in [6.45, 7) is 4.19. The molecular weight excluding hydrogens is 336 g/mol. The fraction of sp³-hybridized carbons (Fsp3) is 0.526. The largest absolute Gasteiger partial charge is 0.480 e. The Kier molecular flexibility index (Phi) is 5.00. The van der Waals surface area contributed by atoms with Gasteiger partial charge in [-0.05, 0) is 25.3 Å². The van der Waals surface area contributed by atoms with Crippen molar-refractivity contribution in [3.63, 3.8) is 0 Å². The molecule has 2 fully saturated rings. The van der Waals surface area contributed by atoms with Gasteiger partial charge in [-0.15, -0.1) is 0 Å². The third-order valence-electron chi connectivity index (χ3n) is 5.35. The number of ether oxygens (including phenoxy) is 1. The highest BCUT2D eigenvalue weighted by Gasteiger charge is 2.62. The van der Waals surface area contributed by atoms with E-state index in [1.54, 1.807) is 11.8 Å². The van der Waals surface area contributed by atoms with E-state index in [1.807, 2.05) is 30.3 Å². The van der Waals surface area contributed by atoms with Crippen LogP contribution in [0.5, 0.6) is 0 Å². The van der Waals surface area contributed by atoms with Gasteiger partial charge in [-0.1, -0.05) is 30.3 Å². The van der Waals surface area contributed by atoms with E-state index in [0.29, 0.717) is 13.0 Å². The maximum atomic E-state index is 12.8. The number of amides is 2. The molecule has 2 aliphatic rings. The Bertz CT molecular complexity index is 707. The smallest absolute Gasteiger partial charge is 0.329 e. The molecule has 3 atom stereocenters. The molecule has 0 aromatic heterocycles. The summed E-state index contributed by atoms with van der Waals surface area (Å²) in [5.74, 6) is -1.52. The lowest BCUT2D eigenvalue weighted by Gasteiger charge is -2.53. The van der Waals surface area contributed by atoms with Gasteiger partial charge in [0.1, 0.15) is 5.54 Å². The van der Waals surface area contributed by atoms with Gasteiger partial charge in [0, 0.05) is 13.5 Å². The molecule has 2 heterocycles. The molecule has 7 heteroatoms. The summed E-state index contributed by atoms with van der Waals surface area (Å²) in [5, 5.41) is 9.65. The number of benzene rings is 1. The number of hydrogen-bond donors (Lipinski definition) is 1. The summed E-state index contributed by atoms with van der Waals surface area (Å²) in [7, 11) is 0. The van der Waals surface area contributed by atoms with Crippen molar-refractivity contribution < 1.29 is 24.2 Å². The van der Waals surface area contributed by atoms with E-state index in [1.165, 1.54) is 11.8 Å². The Labute approximate surface area is 152 Å². The fourth-order valence-corrected chi connectivity index (χ4v) is 4.03. The number of rotatable bonds is 6. The average Bonchev–Trinajstić information content (AvgIpc) is 3.07. The number of β-lactam (4-membered cyclic amide) rings is 1. The molecular formula is C19H24N2O5. The lowest BCUT2D eigenvalue weighted by atomic mass is 9.83. The third kappa shape index (κ3) is 3.07. The minimum atomic E-state index is -1.10. The van der Waals surface area contributed by atoms with Crippen molar-refractivity contribution in [2.24, 2.45) is 0 Å². The van der Waals surface area contributed by atoms with E-state index < -0.39 is 23.7 Å². The molecule has 1 aromatic carbocycles. The number of carbonyl (C=O) groups is 3. The van der Waals surface area contributed by atoms with Crippen molar-refractivity contribution in [3.8, 4) is 0 Å². The lowest BCUT2D eigenvalue weighted by molar-refractivity contribution is -0.182. The monoisotopic (exact) mass is 360 g/mol. The van der Waals surface area contributed by atoms with E-state index in [-0.39, 0.29) is 25.0 Å². The van der Waals surface area contributed by atoms with Crippen LogP contribution in [0.15, 0.2) is 30.3 Å². The Morgan fingerprint density at radius 1 is 1.31 bits per heavy atom. The van der Waals surface area contributed by atoms with Crippen molar-refractivity contribution in [3.05, 3.63) is 35.9 Å². The molecule has 26 heavy (non-hydrogen) atoms. The first-order chi connectivity index (χ1) is 12.4. The van der Waals surface area contributed by atoms with Crippen LogP contribution in [0.2, 0.25) is 0 Å². The van der Waals surface area contributed by atoms with Crippen molar-refractivity contribution in [1.82, 2.24) is 9.80 Å². The van der Waals surface area contributed by atoms with Crippen LogP contribution in [0.3, 0.4) is 0 Å². The van der Waals surface area contributed by atoms with Crippen molar-refractivity contribution in [2.45, 2.75) is 51.0 Å². The molecule has 1 unspecified atom stereocenters. The number of hydrogen-bond acceptors (Lipinski definition) is 4. The number of carbonyl (C=O) groups excluding carboxylic acids is 2. The van der Waals surface area contributed by atoms with Crippen LogP contribution in [-0.2, 0) is 25.7 Å². The lowest BCUT2D eigenvalue weighted by Crippen LogP contribution is -2.76. The summed E-state index contributed by atoms with van der Waals surface area (Å²) < 4.78 is 5.73. The molecule has 2 aliphatic heterocycles. The van der Waals surface area contributed by atoms with Gasteiger partial charge in [0.2, 0.25) is 5.91 Å². The summed E-state index contributed by atoms with van der Waals surface area (Å²) in [6.07, 6.45) is 0.686. The van der Waals surface area contributed by atoms with Gasteiger partial charge in [-0.3, -0.25) is 9.59 Å². The molecule has 7 nitrogen and oxygen atoms in total. The summed E-state index contributed by atoms with van der Waals surface area (Å²) in [5.41, 5.74) is 0.0898. The van der Waals surface area contributed by atoms with Crippen molar-refractivity contribution >= 4 is 17.8 Å². The number of aliphatic carboxylic acids is 1. The van der Waals surface area contributed by atoms with Crippen LogP contribution < -0.4 is 0 Å². The quantitative estimate of drug-likeness (QED) is 0.772. The third-order valence-corrected chi connectivity index (χ3v) is 5.35. The number of carboxylic acids is 1. The molecule has 1 aromatic rings. The highest BCUT2D eigenvalue weighted by molar-refractivity contribution is 5.99. The van der Waals surface area contributed by atoms with Gasteiger partial charge in [-0.25, -0.2) is 4.79 Å². The van der Waals surface area contributed by atoms with Crippen LogP contribution in [0.1, 0.15) is 32.3 Å². The zero-order chi connectivity index (χ0) is 18.9. The molecule has 3 rings (SSSR count). The van der Waals surface area contributed by atoms with Crippen molar-refractivity contribution in [2.75, 3.05) is 13.1 Å². The minimum Gasteiger partial charge on any atom is -0.480 e. The zero-order valence-electron chi connectivity index (χ0n) is 15.1. The SMILES string of the molecule is CC(=O)N1CCCC12CN([C@H](C(=O)O)[C@@H](C)OCc1ccccc1)C2=O. The Morgan fingerprint density at radius 2 is 2.00 bits per heavy atom. The molecule has 1 N–H and O–H groups in total. The maximum absolute atomic E-state index is 12.8. The molecule has 2 amide bonds. The van der Waals surface area contributed by atoms with Gasteiger partial charge < -0.3 is 19.6 Å². The Morgan fingerprint density at radius 3 is 2.58 bits per heavy atom. The summed E-state index contributed by atoms with van der Waals surface area (Å²) >= 11 is 0. The average molecular weight is 360 g/mol. The normalized spacial score (nSPS) is 24.5. The Balaban J connectivity index is 1.68. The zero-order valence-corrected chi connectivity index (χ0v) is 15.1. The molecule has 140 valence electrons. The topological polar surface area (TPSA) is 87.2 Å². The van der Waals surface area contributed by atoms with Crippen LogP contribution in [0, 0.1) is 0 Å². The first kappa shape index (κ1) is 18.4. The molecule has 0 bridgehead atoms. The second-order valence-electron chi connectivity index (χ2n) is 7.02. The van der Waals surface area contributed by atoms with Crippen molar-refractivity contribution in [1.29, 1.82) is 0 Å². The first-order valence-corrected chi connectivity index (χ1v) is 8.84. The molecule has 2 saturated heterocycles. The Hall–Kier alpha value is -2.41. The van der Waals surface area contributed by atoms with E-state index in [0.717, 1.165) is 12.0 Å². The summed E-state index contributed by atoms with van der Waals surface area (Å²) in [4.78, 5) is 39.4. The van der Waals surface area contributed by atoms with E-state index in [4.69, 9.17) is 4.74 Å². The van der Waals surface area contributed by atoms with Crippen LogP contribution in [-0.4, -0.2) is 63.5 Å². The molecule has 0 saturated carbocycles.